The molecule has 0 radical (unpaired) electrons. The summed E-state index contributed by atoms with van der Waals surface area (Å²) in [4.78, 5) is 20.9. The van der Waals surface area contributed by atoms with Crippen LogP contribution in [-0.2, 0) is 4.79 Å². The largest absolute Gasteiger partial charge is 0.479 e. The quantitative estimate of drug-likeness (QED) is 0.628. The second kappa shape index (κ2) is 5.29. The number of hydrogen-bond acceptors (Lipinski definition) is 4. The minimum absolute atomic E-state index is 0.0132. The molecule has 0 aliphatic heterocycles. The van der Waals surface area contributed by atoms with Gasteiger partial charge < -0.3 is 9.84 Å². The molecule has 0 bridgehead atoms. The van der Waals surface area contributed by atoms with Crippen molar-refractivity contribution in [2.75, 3.05) is 0 Å². The molecule has 92 valence electrons. The number of nitrogens with zero attached hydrogens (tertiary/aromatic N) is 1. The van der Waals surface area contributed by atoms with Gasteiger partial charge in [-0.15, -0.1) is 0 Å². The van der Waals surface area contributed by atoms with Crippen LogP contribution in [0.1, 0.15) is 18.9 Å². The molecule has 0 spiro atoms. The van der Waals surface area contributed by atoms with E-state index in [1.807, 2.05) is 0 Å². The van der Waals surface area contributed by atoms with Crippen LogP contribution < -0.4 is 4.74 Å². The number of ether oxygens (including phenoxy) is 1. The molecule has 0 aromatic heterocycles. The second-order valence-corrected chi connectivity index (χ2v) is 3.56. The zero-order valence-corrected chi connectivity index (χ0v) is 9.54. The maximum Gasteiger partial charge on any atom is 0.344 e. The Morgan fingerprint density at radius 2 is 2.24 bits per heavy atom. The van der Waals surface area contributed by atoms with Crippen molar-refractivity contribution in [3.8, 4) is 5.75 Å². The molecular weight excluding hydrogens is 226 g/mol. The van der Waals surface area contributed by atoms with Gasteiger partial charge in [-0.2, -0.15) is 0 Å². The molecule has 0 heterocycles. The lowest BCUT2D eigenvalue weighted by molar-refractivity contribution is -0.385. The number of carbonyl (C=O) groups is 1. The van der Waals surface area contributed by atoms with Crippen molar-refractivity contribution in [2.45, 2.75) is 26.4 Å². The molecule has 1 aromatic carbocycles. The first-order valence-corrected chi connectivity index (χ1v) is 5.10. The normalized spacial score (nSPS) is 11.9. The van der Waals surface area contributed by atoms with Crippen LogP contribution in [0.4, 0.5) is 5.69 Å². The molecule has 6 heteroatoms. The van der Waals surface area contributed by atoms with Crippen molar-refractivity contribution in [2.24, 2.45) is 0 Å². The molecule has 0 aliphatic rings. The van der Waals surface area contributed by atoms with Crippen molar-refractivity contribution in [3.63, 3.8) is 0 Å². The third kappa shape index (κ3) is 3.17. The van der Waals surface area contributed by atoms with Gasteiger partial charge in [0.05, 0.1) is 4.92 Å². The summed E-state index contributed by atoms with van der Waals surface area (Å²) in [5.41, 5.74) is 0.425. The van der Waals surface area contributed by atoms with Gasteiger partial charge in [0.15, 0.2) is 6.10 Å². The summed E-state index contributed by atoms with van der Waals surface area (Å²) >= 11 is 0. The highest BCUT2D eigenvalue weighted by Gasteiger charge is 2.18. The van der Waals surface area contributed by atoms with E-state index in [0.717, 1.165) is 0 Å². The zero-order chi connectivity index (χ0) is 13.0. The smallest absolute Gasteiger partial charge is 0.344 e. The van der Waals surface area contributed by atoms with E-state index in [1.165, 1.54) is 18.2 Å². The molecule has 1 aromatic rings. The minimum atomic E-state index is -1.05. The fourth-order valence-corrected chi connectivity index (χ4v) is 1.38. The van der Waals surface area contributed by atoms with E-state index in [4.69, 9.17) is 9.84 Å². The number of benzene rings is 1. The topological polar surface area (TPSA) is 89.7 Å². The highest BCUT2D eigenvalue weighted by Crippen LogP contribution is 2.24. The van der Waals surface area contributed by atoms with Crippen molar-refractivity contribution >= 4 is 11.7 Å². The average molecular weight is 239 g/mol. The number of nitro groups is 1. The van der Waals surface area contributed by atoms with Crippen LogP contribution in [0.5, 0.6) is 5.75 Å². The fraction of sp³-hybridized carbons (Fsp3) is 0.364. The molecule has 6 nitrogen and oxygen atoms in total. The predicted octanol–water partition coefficient (Wildman–Crippen LogP) is 2.15. The van der Waals surface area contributed by atoms with Crippen LogP contribution in [0.15, 0.2) is 18.2 Å². The molecule has 0 unspecified atom stereocenters. The van der Waals surface area contributed by atoms with Crippen molar-refractivity contribution in [1.29, 1.82) is 0 Å². The molecule has 0 fully saturated rings. The molecule has 0 amide bonds. The Bertz CT molecular complexity index is 443. The molecule has 0 saturated carbocycles. The number of aryl methyl sites for hydroxylation is 1. The first-order valence-electron chi connectivity index (χ1n) is 5.10. The monoisotopic (exact) mass is 239 g/mol. The van der Waals surface area contributed by atoms with Gasteiger partial charge in [-0.05, 0) is 25.5 Å². The highest BCUT2D eigenvalue weighted by atomic mass is 16.6. The molecule has 0 aliphatic carbocycles. The van der Waals surface area contributed by atoms with Crippen molar-refractivity contribution < 1.29 is 19.6 Å². The summed E-state index contributed by atoms with van der Waals surface area (Å²) in [6.45, 7) is 3.27. The Morgan fingerprint density at radius 3 is 2.65 bits per heavy atom. The van der Waals surface area contributed by atoms with Gasteiger partial charge in [0.25, 0.3) is 5.69 Å². The molecule has 0 saturated heterocycles. The minimum Gasteiger partial charge on any atom is -0.479 e. The Balaban J connectivity index is 2.90. The maximum absolute atomic E-state index is 10.8. The van der Waals surface area contributed by atoms with Crippen LogP contribution in [0, 0.1) is 17.0 Å². The number of hydrogen-bond donors (Lipinski definition) is 1. The lowest BCUT2D eigenvalue weighted by Gasteiger charge is -2.13. The first kappa shape index (κ1) is 13.0. The summed E-state index contributed by atoms with van der Waals surface area (Å²) in [6, 6.07) is 4.17. The van der Waals surface area contributed by atoms with Crippen LogP contribution in [-0.4, -0.2) is 22.1 Å². The molecule has 1 N–H and O–H groups in total. The van der Waals surface area contributed by atoms with Crippen LogP contribution >= 0.6 is 0 Å². The number of nitro benzene ring substituents is 1. The highest BCUT2D eigenvalue weighted by molar-refractivity contribution is 5.72. The SMILES string of the molecule is CC[C@@H](Oc1ccc([N+](=O)[O-])c(C)c1)C(=O)O. The van der Waals surface area contributed by atoms with Gasteiger partial charge in [-0.3, -0.25) is 10.1 Å². The Morgan fingerprint density at radius 1 is 1.59 bits per heavy atom. The van der Waals surface area contributed by atoms with Gasteiger partial charge >= 0.3 is 5.97 Å². The number of carboxylic acids is 1. The van der Waals surface area contributed by atoms with Gasteiger partial charge in [-0.1, -0.05) is 6.92 Å². The van der Waals surface area contributed by atoms with Crippen LogP contribution in [0.2, 0.25) is 0 Å². The van der Waals surface area contributed by atoms with Gasteiger partial charge in [0.1, 0.15) is 5.75 Å². The summed E-state index contributed by atoms with van der Waals surface area (Å²) in [5, 5.41) is 19.4. The van der Waals surface area contributed by atoms with Crippen molar-refractivity contribution in [1.82, 2.24) is 0 Å². The van der Waals surface area contributed by atoms with Crippen molar-refractivity contribution in [3.05, 3.63) is 33.9 Å². The number of aliphatic carboxylic acids is 1. The number of rotatable bonds is 5. The summed E-state index contributed by atoms with van der Waals surface area (Å²) in [5.74, 6) is -0.731. The summed E-state index contributed by atoms with van der Waals surface area (Å²) in [7, 11) is 0. The third-order valence-electron chi connectivity index (χ3n) is 2.29. The predicted molar refractivity (Wildman–Crippen MR) is 60.2 cm³/mol. The Labute approximate surface area is 98.0 Å². The molecule has 17 heavy (non-hydrogen) atoms. The van der Waals surface area contributed by atoms with E-state index < -0.39 is 17.0 Å². The van der Waals surface area contributed by atoms with Crippen LogP contribution in [0.25, 0.3) is 0 Å². The molecular formula is C11H13NO5. The van der Waals surface area contributed by atoms with E-state index in [2.05, 4.69) is 0 Å². The van der Waals surface area contributed by atoms with E-state index in [1.54, 1.807) is 13.8 Å². The van der Waals surface area contributed by atoms with E-state index in [0.29, 0.717) is 17.7 Å². The van der Waals surface area contributed by atoms with Gasteiger partial charge in [0.2, 0.25) is 0 Å². The second-order valence-electron chi connectivity index (χ2n) is 3.56. The summed E-state index contributed by atoms with van der Waals surface area (Å²) < 4.78 is 5.22. The third-order valence-corrected chi connectivity index (χ3v) is 2.29. The lowest BCUT2D eigenvalue weighted by atomic mass is 10.2. The van der Waals surface area contributed by atoms with E-state index in [-0.39, 0.29) is 5.69 Å². The van der Waals surface area contributed by atoms with Gasteiger partial charge in [-0.25, -0.2) is 4.79 Å². The van der Waals surface area contributed by atoms with E-state index in [9.17, 15) is 14.9 Å². The maximum atomic E-state index is 10.8. The first-order chi connectivity index (χ1) is 7.95. The fourth-order valence-electron chi connectivity index (χ4n) is 1.38. The lowest BCUT2D eigenvalue weighted by Crippen LogP contribution is -2.25. The summed E-state index contributed by atoms with van der Waals surface area (Å²) in [6.07, 6.45) is -0.610. The van der Waals surface area contributed by atoms with Crippen LogP contribution in [0.3, 0.4) is 0 Å². The Hall–Kier alpha value is -2.11. The number of carboxylic acid groups (broad SMARTS) is 1. The standard InChI is InChI=1S/C11H13NO5/c1-3-10(11(13)14)17-8-4-5-9(12(15)16)7(2)6-8/h4-6,10H,3H2,1-2H3,(H,13,14)/t10-/m1/s1. The van der Waals surface area contributed by atoms with Gasteiger partial charge in [0, 0.05) is 11.6 Å². The Kier molecular flexibility index (Phi) is 4.03. The zero-order valence-electron chi connectivity index (χ0n) is 9.54. The molecule has 1 atom stereocenters. The molecule has 1 rings (SSSR count). The van der Waals surface area contributed by atoms with E-state index >= 15 is 0 Å². The average Bonchev–Trinajstić information content (AvgIpc) is 2.24.